The molecule has 0 fully saturated rings. The highest BCUT2D eigenvalue weighted by molar-refractivity contribution is 7.12. The van der Waals surface area contributed by atoms with Crippen LogP contribution in [0.3, 0.4) is 0 Å². The van der Waals surface area contributed by atoms with Crippen LogP contribution in [-0.2, 0) is 12.4 Å². The molecule has 0 saturated heterocycles. The SMILES string of the molecule is O=C(O)c1cnn(-c2nc(C=Cc3cccc(C(F)(F)F)c3)cs2)c1C(F)(F)F. The molecule has 2 aromatic heterocycles. The van der Waals surface area contributed by atoms with Crippen molar-refractivity contribution in [2.24, 2.45) is 0 Å². The zero-order valence-electron chi connectivity index (χ0n) is 14.0. The maximum absolute atomic E-state index is 13.2. The molecule has 29 heavy (non-hydrogen) atoms. The molecular weight excluding hydrogens is 424 g/mol. The smallest absolute Gasteiger partial charge is 0.434 e. The molecule has 1 aromatic carbocycles. The molecule has 0 unspecified atom stereocenters. The Kier molecular flexibility index (Phi) is 5.22. The van der Waals surface area contributed by atoms with E-state index in [0.29, 0.717) is 10.9 Å². The van der Waals surface area contributed by atoms with E-state index in [1.807, 2.05) is 0 Å². The molecule has 0 spiro atoms. The Morgan fingerprint density at radius 2 is 1.83 bits per heavy atom. The highest BCUT2D eigenvalue weighted by Crippen LogP contribution is 2.34. The van der Waals surface area contributed by atoms with Crippen LogP contribution in [0.2, 0.25) is 0 Å². The quantitative estimate of drug-likeness (QED) is 0.572. The molecule has 152 valence electrons. The van der Waals surface area contributed by atoms with Crippen LogP contribution in [0.5, 0.6) is 0 Å². The number of carboxylic acids is 1. The number of hydrogen-bond acceptors (Lipinski definition) is 4. The first kappa shape index (κ1) is 20.6. The number of thiazole rings is 1. The standard InChI is InChI=1S/C17H9F6N3O2S/c18-16(19,20)10-3-1-2-9(6-10)4-5-11-8-29-15(25-11)26-13(17(21,22)23)12(7-24-26)14(27)28/h1-8H,(H,27,28). The fourth-order valence-corrected chi connectivity index (χ4v) is 3.13. The van der Waals surface area contributed by atoms with Gasteiger partial charge in [0.05, 0.1) is 17.5 Å². The van der Waals surface area contributed by atoms with Crippen molar-refractivity contribution in [2.75, 3.05) is 0 Å². The highest BCUT2D eigenvalue weighted by Gasteiger charge is 2.41. The third-order valence-electron chi connectivity index (χ3n) is 3.62. The van der Waals surface area contributed by atoms with Gasteiger partial charge in [-0.1, -0.05) is 18.2 Å². The van der Waals surface area contributed by atoms with E-state index in [0.717, 1.165) is 23.5 Å². The Labute approximate surface area is 162 Å². The number of alkyl halides is 6. The Bertz CT molecular complexity index is 1080. The predicted molar refractivity (Wildman–Crippen MR) is 91.6 cm³/mol. The maximum Gasteiger partial charge on any atom is 0.434 e. The molecule has 2 heterocycles. The molecule has 0 atom stereocenters. The van der Waals surface area contributed by atoms with Gasteiger partial charge in [-0.25, -0.2) is 14.5 Å². The molecule has 0 radical (unpaired) electrons. The first-order valence-corrected chi connectivity index (χ1v) is 8.54. The molecule has 0 aliphatic rings. The van der Waals surface area contributed by atoms with E-state index in [9.17, 15) is 31.1 Å². The van der Waals surface area contributed by atoms with Crippen LogP contribution in [0.25, 0.3) is 17.3 Å². The first-order chi connectivity index (χ1) is 13.5. The molecule has 3 aromatic rings. The van der Waals surface area contributed by atoms with Gasteiger partial charge in [0.15, 0.2) is 5.69 Å². The zero-order chi connectivity index (χ0) is 21.4. The topological polar surface area (TPSA) is 68.0 Å². The van der Waals surface area contributed by atoms with Gasteiger partial charge in [0.2, 0.25) is 5.13 Å². The number of hydrogen-bond donors (Lipinski definition) is 1. The van der Waals surface area contributed by atoms with Gasteiger partial charge in [0, 0.05) is 5.38 Å². The number of benzene rings is 1. The summed E-state index contributed by atoms with van der Waals surface area (Å²) >= 11 is 0.766. The van der Waals surface area contributed by atoms with Crippen molar-refractivity contribution in [3.63, 3.8) is 0 Å². The zero-order valence-corrected chi connectivity index (χ0v) is 14.8. The van der Waals surface area contributed by atoms with E-state index in [1.54, 1.807) is 0 Å². The van der Waals surface area contributed by atoms with Gasteiger partial charge in [-0.15, -0.1) is 11.3 Å². The molecule has 0 saturated carbocycles. The van der Waals surface area contributed by atoms with Crippen LogP contribution >= 0.6 is 11.3 Å². The van der Waals surface area contributed by atoms with Gasteiger partial charge in [-0.2, -0.15) is 31.4 Å². The molecule has 0 aliphatic heterocycles. The van der Waals surface area contributed by atoms with Crippen molar-refractivity contribution in [2.45, 2.75) is 12.4 Å². The molecule has 12 heteroatoms. The number of nitrogens with zero attached hydrogens (tertiary/aromatic N) is 3. The second-order valence-electron chi connectivity index (χ2n) is 5.63. The van der Waals surface area contributed by atoms with Gasteiger partial charge in [-0.05, 0) is 23.8 Å². The lowest BCUT2D eigenvalue weighted by Crippen LogP contribution is -2.17. The van der Waals surface area contributed by atoms with E-state index in [-0.39, 0.29) is 16.4 Å². The van der Waals surface area contributed by atoms with Crippen molar-refractivity contribution in [1.82, 2.24) is 14.8 Å². The van der Waals surface area contributed by atoms with Crippen LogP contribution < -0.4 is 0 Å². The monoisotopic (exact) mass is 433 g/mol. The van der Waals surface area contributed by atoms with Crippen LogP contribution in [-0.4, -0.2) is 25.8 Å². The summed E-state index contributed by atoms with van der Waals surface area (Å²) < 4.78 is 78.3. The van der Waals surface area contributed by atoms with Crippen LogP contribution in [0, 0.1) is 0 Å². The average Bonchev–Trinajstić information content (AvgIpc) is 3.26. The summed E-state index contributed by atoms with van der Waals surface area (Å²) in [6.07, 6.45) is -6.27. The number of rotatable bonds is 4. The number of aromatic carboxylic acids is 1. The first-order valence-electron chi connectivity index (χ1n) is 7.66. The minimum absolute atomic E-state index is 0.169. The molecule has 0 bridgehead atoms. The number of carboxylic acid groups (broad SMARTS) is 1. The normalized spacial score (nSPS) is 12.6. The average molecular weight is 433 g/mol. The number of aromatic nitrogens is 3. The third-order valence-corrected chi connectivity index (χ3v) is 4.45. The lowest BCUT2D eigenvalue weighted by Gasteiger charge is -2.09. The van der Waals surface area contributed by atoms with Gasteiger partial charge in [0.1, 0.15) is 5.56 Å². The molecule has 0 aliphatic carbocycles. The molecule has 3 rings (SSSR count). The summed E-state index contributed by atoms with van der Waals surface area (Å²) in [6.45, 7) is 0. The second-order valence-corrected chi connectivity index (χ2v) is 6.47. The summed E-state index contributed by atoms with van der Waals surface area (Å²) in [4.78, 5) is 14.9. The minimum Gasteiger partial charge on any atom is -0.478 e. The van der Waals surface area contributed by atoms with Crippen LogP contribution in [0.4, 0.5) is 26.3 Å². The Balaban J connectivity index is 1.91. The molecule has 1 N–H and O–H groups in total. The second kappa shape index (κ2) is 7.35. The lowest BCUT2D eigenvalue weighted by molar-refractivity contribution is -0.143. The summed E-state index contributed by atoms with van der Waals surface area (Å²) in [6, 6.07) is 4.47. The Morgan fingerprint density at radius 1 is 1.10 bits per heavy atom. The van der Waals surface area contributed by atoms with Crippen molar-refractivity contribution < 1.29 is 36.2 Å². The van der Waals surface area contributed by atoms with Crippen molar-refractivity contribution in [3.05, 3.63) is 63.9 Å². The summed E-state index contributed by atoms with van der Waals surface area (Å²) in [5.41, 5.74) is -2.95. The fourth-order valence-electron chi connectivity index (χ4n) is 2.37. The van der Waals surface area contributed by atoms with Crippen LogP contribution in [0.1, 0.15) is 32.9 Å². The Hall–Kier alpha value is -3.15. The predicted octanol–water partition coefficient (Wildman–Crippen LogP) is 5.24. The van der Waals surface area contributed by atoms with Crippen molar-refractivity contribution in [3.8, 4) is 5.13 Å². The van der Waals surface area contributed by atoms with E-state index in [2.05, 4.69) is 10.1 Å². The van der Waals surface area contributed by atoms with E-state index >= 15 is 0 Å². The van der Waals surface area contributed by atoms with Gasteiger partial charge < -0.3 is 5.11 Å². The lowest BCUT2D eigenvalue weighted by atomic mass is 10.1. The number of halogens is 6. The van der Waals surface area contributed by atoms with E-state index in [1.165, 1.54) is 29.7 Å². The minimum atomic E-state index is -4.98. The largest absolute Gasteiger partial charge is 0.478 e. The Morgan fingerprint density at radius 3 is 2.45 bits per heavy atom. The van der Waals surface area contributed by atoms with Gasteiger partial charge in [0.25, 0.3) is 0 Å². The van der Waals surface area contributed by atoms with E-state index < -0.39 is 35.1 Å². The van der Waals surface area contributed by atoms with Crippen molar-refractivity contribution in [1.29, 1.82) is 0 Å². The maximum atomic E-state index is 13.2. The summed E-state index contributed by atoms with van der Waals surface area (Å²) in [5, 5.41) is 13.5. The van der Waals surface area contributed by atoms with Crippen LogP contribution in [0.15, 0.2) is 35.8 Å². The van der Waals surface area contributed by atoms with Crippen molar-refractivity contribution >= 4 is 29.5 Å². The third kappa shape index (κ3) is 4.47. The fraction of sp³-hybridized carbons (Fsp3) is 0.118. The molecule has 0 amide bonds. The molecule has 5 nitrogen and oxygen atoms in total. The van der Waals surface area contributed by atoms with E-state index in [4.69, 9.17) is 5.11 Å². The van der Waals surface area contributed by atoms with Gasteiger partial charge >= 0.3 is 18.3 Å². The highest BCUT2D eigenvalue weighted by atomic mass is 32.1. The molecular formula is C17H9F6N3O2S. The summed E-state index contributed by atoms with van der Waals surface area (Å²) in [5.74, 6) is -1.79. The summed E-state index contributed by atoms with van der Waals surface area (Å²) in [7, 11) is 0. The number of carbonyl (C=O) groups is 1. The van der Waals surface area contributed by atoms with Gasteiger partial charge in [-0.3, -0.25) is 0 Å².